The molecule has 5 nitrogen and oxygen atoms in total. The third-order valence-corrected chi connectivity index (χ3v) is 4.00. The van der Waals surface area contributed by atoms with Crippen LogP contribution in [0.1, 0.15) is 11.1 Å². The zero-order valence-corrected chi connectivity index (χ0v) is 13.6. The lowest BCUT2D eigenvalue weighted by molar-refractivity contribution is 1.11. The van der Waals surface area contributed by atoms with Gasteiger partial charge in [-0.1, -0.05) is 35.9 Å². The van der Waals surface area contributed by atoms with Gasteiger partial charge in [-0.25, -0.2) is 4.98 Å². The SMILES string of the molecule is N=C/C(=C\N)c1ccc2nc(NCc3ccccc3Cl)cnc2c1. The zero-order chi connectivity index (χ0) is 16.9. The summed E-state index contributed by atoms with van der Waals surface area (Å²) in [6.45, 7) is 0.575. The highest BCUT2D eigenvalue weighted by molar-refractivity contribution is 6.31. The Hall–Kier alpha value is -2.92. The molecule has 0 aliphatic carbocycles. The van der Waals surface area contributed by atoms with Gasteiger partial charge < -0.3 is 16.5 Å². The van der Waals surface area contributed by atoms with E-state index in [1.165, 1.54) is 12.4 Å². The molecule has 0 atom stereocenters. The maximum Gasteiger partial charge on any atom is 0.145 e. The van der Waals surface area contributed by atoms with Crippen LogP contribution in [0.25, 0.3) is 16.6 Å². The first-order valence-corrected chi connectivity index (χ1v) is 7.76. The Labute approximate surface area is 144 Å². The van der Waals surface area contributed by atoms with Crippen molar-refractivity contribution in [3.05, 3.63) is 71.0 Å². The van der Waals surface area contributed by atoms with E-state index in [4.69, 9.17) is 22.7 Å². The molecule has 0 aliphatic rings. The zero-order valence-electron chi connectivity index (χ0n) is 12.8. The standard InChI is InChI=1S/C18H16ClN5/c19-15-4-2-1-3-13(15)10-23-18-11-22-17-7-12(14(8-20)9-21)5-6-16(17)24-18/h1-9,11,20H,10,21H2,(H,23,24)/b14-9+,20-8?. The lowest BCUT2D eigenvalue weighted by Gasteiger charge is -2.08. The Kier molecular flexibility index (Phi) is 4.72. The summed E-state index contributed by atoms with van der Waals surface area (Å²) in [5, 5.41) is 11.3. The van der Waals surface area contributed by atoms with Crippen LogP contribution in [0.2, 0.25) is 5.02 Å². The Morgan fingerprint density at radius 1 is 1.21 bits per heavy atom. The lowest BCUT2D eigenvalue weighted by Crippen LogP contribution is -2.02. The van der Waals surface area contributed by atoms with Crippen molar-refractivity contribution in [1.29, 1.82) is 5.41 Å². The van der Waals surface area contributed by atoms with Crippen LogP contribution in [0.4, 0.5) is 5.82 Å². The van der Waals surface area contributed by atoms with E-state index in [2.05, 4.69) is 15.3 Å². The minimum absolute atomic E-state index is 0.575. The molecular formula is C18H16ClN5. The highest BCUT2D eigenvalue weighted by Crippen LogP contribution is 2.20. The van der Waals surface area contributed by atoms with Gasteiger partial charge >= 0.3 is 0 Å². The van der Waals surface area contributed by atoms with Crippen molar-refractivity contribution in [2.24, 2.45) is 5.73 Å². The number of halogens is 1. The highest BCUT2D eigenvalue weighted by Gasteiger charge is 2.05. The number of benzene rings is 2. The number of rotatable bonds is 5. The molecule has 0 saturated heterocycles. The van der Waals surface area contributed by atoms with Gasteiger partial charge in [-0.15, -0.1) is 0 Å². The first kappa shape index (κ1) is 16.0. The van der Waals surface area contributed by atoms with Crippen molar-refractivity contribution in [2.45, 2.75) is 6.54 Å². The van der Waals surface area contributed by atoms with Gasteiger partial charge in [0.05, 0.1) is 17.2 Å². The number of hydrogen-bond donors (Lipinski definition) is 3. The molecule has 3 rings (SSSR count). The minimum atomic E-state index is 0.575. The average Bonchev–Trinajstić information content (AvgIpc) is 2.62. The van der Waals surface area contributed by atoms with Crippen LogP contribution in [0.15, 0.2) is 54.9 Å². The molecule has 6 heteroatoms. The summed E-state index contributed by atoms with van der Waals surface area (Å²) in [6, 6.07) is 13.3. The minimum Gasteiger partial charge on any atom is -0.404 e. The summed E-state index contributed by atoms with van der Waals surface area (Å²) in [5.41, 5.74) is 9.51. The topological polar surface area (TPSA) is 87.7 Å². The molecule has 0 amide bonds. The summed E-state index contributed by atoms with van der Waals surface area (Å²) >= 11 is 6.15. The molecule has 24 heavy (non-hydrogen) atoms. The second kappa shape index (κ2) is 7.10. The molecule has 3 aromatic rings. The summed E-state index contributed by atoms with van der Waals surface area (Å²) in [7, 11) is 0. The molecule has 1 heterocycles. The van der Waals surface area contributed by atoms with Crippen LogP contribution < -0.4 is 11.1 Å². The number of anilines is 1. The maximum absolute atomic E-state index is 7.36. The predicted octanol–water partition coefficient (Wildman–Crippen LogP) is 3.84. The van der Waals surface area contributed by atoms with E-state index >= 15 is 0 Å². The predicted molar refractivity (Wildman–Crippen MR) is 99.3 cm³/mol. The summed E-state index contributed by atoms with van der Waals surface area (Å²) in [4.78, 5) is 8.97. The molecular weight excluding hydrogens is 322 g/mol. The molecule has 4 N–H and O–H groups in total. The number of nitrogens with one attached hydrogen (secondary N) is 2. The van der Waals surface area contributed by atoms with Gasteiger partial charge in [0, 0.05) is 29.6 Å². The first-order chi connectivity index (χ1) is 11.7. The van der Waals surface area contributed by atoms with Crippen LogP contribution in [-0.2, 0) is 6.54 Å². The number of hydrogen-bond acceptors (Lipinski definition) is 5. The smallest absolute Gasteiger partial charge is 0.145 e. The Morgan fingerprint density at radius 3 is 2.79 bits per heavy atom. The van der Waals surface area contributed by atoms with Gasteiger partial charge in [-0.2, -0.15) is 0 Å². The maximum atomic E-state index is 7.36. The summed E-state index contributed by atoms with van der Waals surface area (Å²) < 4.78 is 0. The quantitative estimate of drug-likeness (QED) is 0.617. The van der Waals surface area contributed by atoms with Crippen molar-refractivity contribution in [3.8, 4) is 0 Å². The monoisotopic (exact) mass is 337 g/mol. The molecule has 0 aliphatic heterocycles. The second-order valence-corrected chi connectivity index (χ2v) is 5.58. The Morgan fingerprint density at radius 2 is 2.04 bits per heavy atom. The van der Waals surface area contributed by atoms with Crippen LogP contribution in [0.3, 0.4) is 0 Å². The fourth-order valence-corrected chi connectivity index (χ4v) is 2.53. The average molecular weight is 338 g/mol. The lowest BCUT2D eigenvalue weighted by atomic mass is 10.1. The summed E-state index contributed by atoms with van der Waals surface area (Å²) in [5.74, 6) is 0.678. The van der Waals surface area contributed by atoms with Crippen LogP contribution in [0, 0.1) is 5.41 Å². The van der Waals surface area contributed by atoms with Gasteiger partial charge in [0.1, 0.15) is 5.82 Å². The van der Waals surface area contributed by atoms with Gasteiger partial charge in [-0.05, 0) is 29.3 Å². The molecule has 0 spiro atoms. The third kappa shape index (κ3) is 3.36. The molecule has 1 aromatic heterocycles. The van der Waals surface area contributed by atoms with Crippen molar-refractivity contribution < 1.29 is 0 Å². The Bertz CT molecular complexity index is 920. The van der Waals surface area contributed by atoms with Crippen LogP contribution >= 0.6 is 11.6 Å². The molecule has 0 fully saturated rings. The third-order valence-electron chi connectivity index (χ3n) is 3.63. The summed E-state index contributed by atoms with van der Waals surface area (Å²) in [6.07, 6.45) is 4.30. The highest BCUT2D eigenvalue weighted by atomic mass is 35.5. The number of nitrogens with zero attached hydrogens (tertiary/aromatic N) is 2. The van der Waals surface area contributed by atoms with E-state index in [1.807, 2.05) is 42.5 Å². The number of allylic oxidation sites excluding steroid dienone is 1. The van der Waals surface area contributed by atoms with Crippen LogP contribution in [0.5, 0.6) is 0 Å². The van der Waals surface area contributed by atoms with Gasteiger partial charge in [0.2, 0.25) is 0 Å². The van der Waals surface area contributed by atoms with E-state index in [1.54, 1.807) is 6.20 Å². The van der Waals surface area contributed by atoms with Gasteiger partial charge in [0.25, 0.3) is 0 Å². The van der Waals surface area contributed by atoms with E-state index in [9.17, 15) is 0 Å². The largest absolute Gasteiger partial charge is 0.404 e. The molecule has 2 aromatic carbocycles. The molecule has 0 radical (unpaired) electrons. The van der Waals surface area contributed by atoms with E-state index < -0.39 is 0 Å². The molecule has 0 saturated carbocycles. The number of nitrogens with two attached hydrogens (primary N) is 1. The number of aromatic nitrogens is 2. The molecule has 120 valence electrons. The van der Waals surface area contributed by atoms with Crippen molar-refractivity contribution in [2.75, 3.05) is 5.32 Å². The van der Waals surface area contributed by atoms with Crippen LogP contribution in [-0.4, -0.2) is 16.2 Å². The van der Waals surface area contributed by atoms with E-state index in [-0.39, 0.29) is 0 Å². The Balaban J connectivity index is 1.83. The first-order valence-electron chi connectivity index (χ1n) is 7.38. The van der Waals surface area contributed by atoms with Gasteiger partial charge in [0.15, 0.2) is 0 Å². The normalized spacial score (nSPS) is 11.5. The second-order valence-electron chi connectivity index (χ2n) is 5.17. The van der Waals surface area contributed by atoms with Gasteiger partial charge in [-0.3, -0.25) is 4.98 Å². The molecule has 0 bridgehead atoms. The van der Waals surface area contributed by atoms with E-state index in [0.29, 0.717) is 17.9 Å². The van der Waals surface area contributed by atoms with Crippen molar-refractivity contribution >= 4 is 40.2 Å². The fourth-order valence-electron chi connectivity index (χ4n) is 2.33. The number of fused-ring (bicyclic) bond motifs is 1. The molecule has 0 unspecified atom stereocenters. The van der Waals surface area contributed by atoms with Crippen molar-refractivity contribution in [3.63, 3.8) is 0 Å². The fraction of sp³-hybridized carbons (Fsp3) is 0.0556. The van der Waals surface area contributed by atoms with Crippen molar-refractivity contribution in [1.82, 2.24) is 9.97 Å². The van der Waals surface area contributed by atoms with E-state index in [0.717, 1.165) is 27.2 Å².